The van der Waals surface area contributed by atoms with Crippen LogP contribution in [0, 0.1) is 0 Å². The van der Waals surface area contributed by atoms with Gasteiger partial charge in [-0.3, -0.25) is 13.8 Å². The summed E-state index contributed by atoms with van der Waals surface area (Å²) in [4.78, 5) is 21.0. The first-order valence-corrected chi connectivity index (χ1v) is 15.6. The molecular formula is C31H50NO7P. The molecule has 0 aromatic carbocycles. The Kier molecular flexibility index (Phi) is 26.6. The van der Waals surface area contributed by atoms with E-state index in [0.29, 0.717) is 6.42 Å². The fourth-order valence-electron chi connectivity index (χ4n) is 2.93. The van der Waals surface area contributed by atoms with Gasteiger partial charge in [-0.05, 0) is 44.9 Å². The second-order valence-electron chi connectivity index (χ2n) is 8.78. The zero-order valence-electron chi connectivity index (χ0n) is 24.0. The van der Waals surface area contributed by atoms with Gasteiger partial charge >= 0.3 is 13.8 Å². The van der Waals surface area contributed by atoms with E-state index in [1.54, 1.807) is 6.08 Å². The number of rotatable bonds is 25. The third kappa shape index (κ3) is 28.7. The summed E-state index contributed by atoms with van der Waals surface area (Å²) in [5, 5.41) is 9.69. The monoisotopic (exact) mass is 579 g/mol. The third-order valence-corrected chi connectivity index (χ3v) is 6.03. The van der Waals surface area contributed by atoms with Crippen molar-refractivity contribution in [3.63, 3.8) is 0 Å². The number of allylic oxidation sites excluding steroid dienone is 13. The minimum Gasteiger partial charge on any atom is -0.463 e. The van der Waals surface area contributed by atoms with E-state index in [0.717, 1.165) is 32.1 Å². The number of aliphatic hydroxyl groups excluding tert-OH is 1. The summed E-state index contributed by atoms with van der Waals surface area (Å²) in [6, 6.07) is 0. The van der Waals surface area contributed by atoms with Crippen molar-refractivity contribution in [1.82, 2.24) is 0 Å². The van der Waals surface area contributed by atoms with E-state index in [9.17, 15) is 19.4 Å². The van der Waals surface area contributed by atoms with Crippen molar-refractivity contribution in [2.24, 2.45) is 5.73 Å². The van der Waals surface area contributed by atoms with Crippen LogP contribution in [0.15, 0.2) is 85.1 Å². The standard InChI is InChI=1S/C31H50NO7P/c1-2-3-4-5-6-7-8-9-10-11-12-13-14-15-16-17-18-19-20-21-22-23-24-25-31(34)37-28-30(33)29-39-40(35,36)38-27-26-32/h5-6,8-9,11-12,14-15,17-18,20-21,23-24,30,33H,2-4,7,10,13,16,19,22,25-29,32H2,1H3,(H,35,36)/t30-/m1/s1. The van der Waals surface area contributed by atoms with E-state index in [4.69, 9.17) is 10.5 Å². The lowest BCUT2D eigenvalue weighted by molar-refractivity contribution is -0.146. The van der Waals surface area contributed by atoms with Crippen LogP contribution in [0.25, 0.3) is 0 Å². The zero-order chi connectivity index (χ0) is 29.6. The molecule has 0 amide bonds. The van der Waals surface area contributed by atoms with E-state index in [-0.39, 0.29) is 26.2 Å². The quantitative estimate of drug-likeness (QED) is 0.0466. The van der Waals surface area contributed by atoms with Crippen LogP contribution < -0.4 is 5.73 Å². The van der Waals surface area contributed by atoms with Crippen LogP contribution in [0.2, 0.25) is 0 Å². The first kappa shape index (κ1) is 37.7. The molecule has 9 heteroatoms. The van der Waals surface area contributed by atoms with Crippen LogP contribution >= 0.6 is 7.82 Å². The van der Waals surface area contributed by atoms with Crippen molar-refractivity contribution in [2.45, 2.75) is 77.2 Å². The Morgan fingerprint density at radius 3 is 1.65 bits per heavy atom. The number of unbranched alkanes of at least 4 members (excludes halogenated alkanes) is 2. The average Bonchev–Trinajstić information content (AvgIpc) is 2.94. The first-order valence-electron chi connectivity index (χ1n) is 14.1. The van der Waals surface area contributed by atoms with Crippen molar-refractivity contribution < 1.29 is 33.1 Å². The Morgan fingerprint density at radius 2 is 1.20 bits per heavy atom. The molecule has 0 aromatic heterocycles. The number of phosphoric ester groups is 1. The van der Waals surface area contributed by atoms with Gasteiger partial charge in [-0.15, -0.1) is 0 Å². The number of carbonyl (C=O) groups is 1. The summed E-state index contributed by atoms with van der Waals surface area (Å²) >= 11 is 0. The van der Waals surface area contributed by atoms with Gasteiger partial charge in [-0.2, -0.15) is 0 Å². The second-order valence-corrected chi connectivity index (χ2v) is 10.2. The highest BCUT2D eigenvalue weighted by Crippen LogP contribution is 2.42. The predicted molar refractivity (Wildman–Crippen MR) is 164 cm³/mol. The van der Waals surface area contributed by atoms with E-state index in [2.05, 4.69) is 82.8 Å². The van der Waals surface area contributed by atoms with Gasteiger partial charge in [0.2, 0.25) is 0 Å². The third-order valence-electron chi connectivity index (χ3n) is 5.05. The predicted octanol–water partition coefficient (Wildman–Crippen LogP) is 6.80. The van der Waals surface area contributed by atoms with Crippen molar-refractivity contribution in [3.05, 3.63) is 85.1 Å². The Labute approximate surface area is 241 Å². The lowest BCUT2D eigenvalue weighted by atomic mass is 10.2. The Morgan fingerprint density at radius 1 is 0.750 bits per heavy atom. The summed E-state index contributed by atoms with van der Waals surface area (Å²) < 4.78 is 25.5. The number of phosphoric acid groups is 1. The SMILES string of the molecule is CCCCC=CCC=CCC=CCC=CCC=CCC=CCC=CCC(=O)OC[C@@H](O)COP(=O)(O)OCCN. The maximum absolute atomic E-state index is 11.7. The van der Waals surface area contributed by atoms with Crippen molar-refractivity contribution in [1.29, 1.82) is 0 Å². The molecule has 0 fully saturated rings. The Bertz CT molecular complexity index is 875. The van der Waals surface area contributed by atoms with Gasteiger partial charge in [0.05, 0.1) is 19.6 Å². The molecule has 0 saturated carbocycles. The lowest BCUT2D eigenvalue weighted by Crippen LogP contribution is -2.23. The normalized spacial score (nSPS) is 15.2. The number of carbonyl (C=O) groups excluding carboxylic acids is 1. The number of hydrogen-bond acceptors (Lipinski definition) is 7. The molecule has 0 heterocycles. The smallest absolute Gasteiger partial charge is 0.463 e. The molecule has 4 N–H and O–H groups in total. The second kappa shape index (κ2) is 28.2. The number of ether oxygens (including phenoxy) is 1. The summed E-state index contributed by atoms with van der Waals surface area (Å²) in [6.45, 7) is 1.26. The van der Waals surface area contributed by atoms with E-state index >= 15 is 0 Å². The molecule has 0 spiro atoms. The van der Waals surface area contributed by atoms with Crippen LogP contribution in [-0.2, 0) is 23.1 Å². The molecule has 1 unspecified atom stereocenters. The van der Waals surface area contributed by atoms with Crippen LogP contribution in [0.4, 0.5) is 0 Å². The van der Waals surface area contributed by atoms with Crippen LogP contribution in [0.1, 0.15) is 71.1 Å². The number of hydrogen-bond donors (Lipinski definition) is 3. The van der Waals surface area contributed by atoms with Gasteiger partial charge in [-0.25, -0.2) is 4.57 Å². The highest BCUT2D eigenvalue weighted by Gasteiger charge is 2.22. The zero-order valence-corrected chi connectivity index (χ0v) is 24.9. The van der Waals surface area contributed by atoms with Gasteiger partial charge in [0.15, 0.2) is 0 Å². The number of aliphatic hydroxyl groups is 1. The van der Waals surface area contributed by atoms with Gasteiger partial charge in [-0.1, -0.05) is 105 Å². The van der Waals surface area contributed by atoms with Crippen molar-refractivity contribution in [2.75, 3.05) is 26.4 Å². The van der Waals surface area contributed by atoms with E-state index in [1.165, 1.54) is 19.3 Å². The van der Waals surface area contributed by atoms with Crippen molar-refractivity contribution >= 4 is 13.8 Å². The summed E-state index contributed by atoms with van der Waals surface area (Å²) in [5.41, 5.74) is 5.17. The van der Waals surface area contributed by atoms with E-state index in [1.807, 2.05) is 12.2 Å². The molecule has 0 aliphatic heterocycles. The van der Waals surface area contributed by atoms with Crippen molar-refractivity contribution in [3.8, 4) is 0 Å². The number of nitrogens with two attached hydrogens (primary N) is 1. The molecule has 0 rings (SSSR count). The fourth-order valence-corrected chi connectivity index (χ4v) is 3.70. The lowest BCUT2D eigenvalue weighted by Gasteiger charge is -2.14. The number of esters is 1. The summed E-state index contributed by atoms with van der Waals surface area (Å²) in [5.74, 6) is -0.518. The minimum atomic E-state index is -4.27. The topological polar surface area (TPSA) is 128 Å². The van der Waals surface area contributed by atoms with Gasteiger partial charge in [0.25, 0.3) is 0 Å². The summed E-state index contributed by atoms with van der Waals surface area (Å²) in [7, 11) is -4.27. The molecular weight excluding hydrogens is 529 g/mol. The highest BCUT2D eigenvalue weighted by atomic mass is 31.2. The molecule has 8 nitrogen and oxygen atoms in total. The molecule has 0 aliphatic rings. The Balaban J connectivity index is 3.75. The molecule has 226 valence electrons. The Hall–Kier alpha value is -2.32. The molecule has 0 radical (unpaired) electrons. The van der Waals surface area contributed by atoms with Gasteiger partial charge < -0.3 is 20.5 Å². The maximum atomic E-state index is 11.7. The van der Waals surface area contributed by atoms with Crippen LogP contribution in [-0.4, -0.2) is 48.4 Å². The largest absolute Gasteiger partial charge is 0.472 e. The van der Waals surface area contributed by atoms with Crippen LogP contribution in [0.5, 0.6) is 0 Å². The molecule has 40 heavy (non-hydrogen) atoms. The molecule has 0 bridgehead atoms. The summed E-state index contributed by atoms with van der Waals surface area (Å²) in [6.07, 6.45) is 37.5. The van der Waals surface area contributed by atoms with Gasteiger partial charge in [0.1, 0.15) is 12.7 Å². The molecule has 0 aromatic rings. The van der Waals surface area contributed by atoms with E-state index < -0.39 is 26.5 Å². The molecule has 2 atom stereocenters. The highest BCUT2D eigenvalue weighted by molar-refractivity contribution is 7.47. The fraction of sp³-hybridized carbons (Fsp3) is 0.516. The van der Waals surface area contributed by atoms with Crippen LogP contribution in [0.3, 0.4) is 0 Å². The first-order chi connectivity index (χ1) is 19.4. The maximum Gasteiger partial charge on any atom is 0.472 e. The molecule has 0 aliphatic carbocycles. The minimum absolute atomic E-state index is 0.0573. The van der Waals surface area contributed by atoms with Gasteiger partial charge in [0, 0.05) is 6.54 Å². The molecule has 0 saturated heterocycles. The average molecular weight is 580 g/mol.